The van der Waals surface area contributed by atoms with Gasteiger partial charge in [-0.2, -0.15) is 5.26 Å². The average Bonchev–Trinajstić information content (AvgIpc) is 3.37. The summed E-state index contributed by atoms with van der Waals surface area (Å²) in [7, 11) is 3.13. The molecular formula is C35H33BrN4O5S. The van der Waals surface area contributed by atoms with E-state index >= 15 is 0 Å². The summed E-state index contributed by atoms with van der Waals surface area (Å²) in [5.74, 6) is 1.56. The van der Waals surface area contributed by atoms with Crippen LogP contribution in [-0.2, 0) is 11.4 Å². The molecule has 0 spiro atoms. The molecule has 0 bridgehead atoms. The van der Waals surface area contributed by atoms with Crippen LogP contribution in [0.4, 0.5) is 0 Å². The Morgan fingerprint density at radius 2 is 1.78 bits per heavy atom. The molecule has 0 saturated heterocycles. The molecule has 0 fully saturated rings. The highest BCUT2D eigenvalue weighted by Crippen LogP contribution is 2.38. The monoisotopic (exact) mass is 700 g/mol. The van der Waals surface area contributed by atoms with Gasteiger partial charge in [0.1, 0.15) is 29.9 Å². The number of fused-ring (bicyclic) bond motifs is 1. The Morgan fingerprint density at radius 1 is 1.07 bits per heavy atom. The van der Waals surface area contributed by atoms with Crippen LogP contribution in [-0.4, -0.2) is 42.7 Å². The number of rotatable bonds is 10. The van der Waals surface area contributed by atoms with Crippen LogP contribution >= 0.6 is 27.3 Å². The Hall–Kier alpha value is -4.66. The fourth-order valence-electron chi connectivity index (χ4n) is 5.34. The minimum Gasteiger partial charge on any atom is -0.497 e. The van der Waals surface area contributed by atoms with E-state index in [2.05, 4.69) is 22.0 Å². The maximum atomic E-state index is 14.2. The van der Waals surface area contributed by atoms with Gasteiger partial charge in [-0.1, -0.05) is 29.5 Å². The van der Waals surface area contributed by atoms with Crippen LogP contribution in [0.1, 0.15) is 49.1 Å². The van der Waals surface area contributed by atoms with Gasteiger partial charge in [-0.15, -0.1) is 0 Å². The van der Waals surface area contributed by atoms with Crippen molar-refractivity contribution in [1.82, 2.24) is 9.47 Å². The van der Waals surface area contributed by atoms with Crippen LogP contribution in [0, 0.1) is 11.3 Å². The van der Waals surface area contributed by atoms with Crippen molar-refractivity contribution in [3.05, 3.63) is 118 Å². The molecule has 236 valence electrons. The third kappa shape index (κ3) is 6.50. The maximum Gasteiger partial charge on any atom is 0.271 e. The topological polar surface area (TPSA) is 106 Å². The van der Waals surface area contributed by atoms with Crippen LogP contribution in [0.25, 0.3) is 6.08 Å². The molecule has 9 nitrogen and oxygen atoms in total. The molecule has 2 heterocycles. The number of benzene rings is 3. The molecule has 3 aromatic carbocycles. The second-order valence-electron chi connectivity index (χ2n) is 10.5. The van der Waals surface area contributed by atoms with Crippen LogP contribution in [0.5, 0.6) is 17.2 Å². The number of hydrogen-bond donors (Lipinski definition) is 0. The van der Waals surface area contributed by atoms with Crippen molar-refractivity contribution in [2.24, 2.45) is 4.99 Å². The van der Waals surface area contributed by atoms with E-state index in [1.54, 1.807) is 54.9 Å². The first-order valence-electron chi connectivity index (χ1n) is 14.7. The first kappa shape index (κ1) is 32.7. The molecule has 0 saturated carbocycles. The number of likely N-dealkylation sites (N-methyl/N-ethyl adjacent to an activating group) is 1. The van der Waals surface area contributed by atoms with Crippen molar-refractivity contribution in [2.45, 2.75) is 33.4 Å². The lowest BCUT2D eigenvalue weighted by Crippen LogP contribution is -2.43. The Labute approximate surface area is 279 Å². The number of thiazole rings is 1. The van der Waals surface area contributed by atoms with Gasteiger partial charge in [0.25, 0.3) is 11.5 Å². The molecule has 1 amide bonds. The smallest absolute Gasteiger partial charge is 0.271 e. The van der Waals surface area contributed by atoms with Crippen molar-refractivity contribution in [3.8, 4) is 23.3 Å². The Morgan fingerprint density at radius 3 is 2.41 bits per heavy atom. The van der Waals surface area contributed by atoms with E-state index in [0.29, 0.717) is 68.7 Å². The summed E-state index contributed by atoms with van der Waals surface area (Å²) in [4.78, 5) is 35.1. The van der Waals surface area contributed by atoms with Crippen molar-refractivity contribution in [1.29, 1.82) is 5.26 Å². The number of carbonyl (C=O) groups excluding carboxylic acids is 1. The summed E-state index contributed by atoms with van der Waals surface area (Å²) in [6, 6.07) is 19.5. The molecule has 11 heteroatoms. The number of ether oxygens (including phenoxy) is 3. The van der Waals surface area contributed by atoms with E-state index in [1.165, 1.54) is 11.3 Å². The van der Waals surface area contributed by atoms with Crippen molar-refractivity contribution < 1.29 is 19.0 Å². The summed E-state index contributed by atoms with van der Waals surface area (Å²) in [6.07, 6.45) is 1.81. The second kappa shape index (κ2) is 14.2. The van der Waals surface area contributed by atoms with Gasteiger partial charge in [0.2, 0.25) is 0 Å². The van der Waals surface area contributed by atoms with Gasteiger partial charge >= 0.3 is 0 Å². The van der Waals surface area contributed by atoms with E-state index < -0.39 is 6.04 Å². The molecule has 5 rings (SSSR count). The number of methoxy groups -OCH3 is 2. The number of allylic oxidation sites excluding steroid dienone is 1. The minimum absolute atomic E-state index is 0.184. The summed E-state index contributed by atoms with van der Waals surface area (Å²) in [6.45, 7) is 7.02. The summed E-state index contributed by atoms with van der Waals surface area (Å²) in [5, 5.41) is 9.02. The highest BCUT2D eigenvalue weighted by atomic mass is 79.9. The Kier molecular flexibility index (Phi) is 10.1. The fraction of sp³-hybridized carbons (Fsp3) is 0.257. The molecular weight excluding hydrogens is 668 g/mol. The highest BCUT2D eigenvalue weighted by Gasteiger charge is 2.36. The van der Waals surface area contributed by atoms with E-state index in [0.717, 1.165) is 15.6 Å². The zero-order valence-corrected chi connectivity index (χ0v) is 28.6. The third-order valence-electron chi connectivity index (χ3n) is 7.77. The van der Waals surface area contributed by atoms with Gasteiger partial charge < -0.3 is 19.1 Å². The molecule has 1 aromatic heterocycles. The van der Waals surface area contributed by atoms with E-state index in [-0.39, 0.29) is 11.5 Å². The Bertz CT molecular complexity index is 2040. The molecule has 0 N–H and O–H groups in total. The van der Waals surface area contributed by atoms with Crippen LogP contribution in [0.3, 0.4) is 0 Å². The largest absolute Gasteiger partial charge is 0.497 e. The Balaban J connectivity index is 1.57. The molecule has 1 aliphatic rings. The zero-order chi connectivity index (χ0) is 33.0. The van der Waals surface area contributed by atoms with Crippen molar-refractivity contribution in [2.75, 3.05) is 27.3 Å². The highest BCUT2D eigenvalue weighted by molar-refractivity contribution is 9.10. The average molecular weight is 702 g/mol. The van der Waals surface area contributed by atoms with Crippen molar-refractivity contribution in [3.63, 3.8) is 0 Å². The quantitative estimate of drug-likeness (QED) is 0.221. The first-order chi connectivity index (χ1) is 22.2. The number of carbonyl (C=O) groups is 1. The van der Waals surface area contributed by atoms with Gasteiger partial charge in [0, 0.05) is 18.7 Å². The van der Waals surface area contributed by atoms with Gasteiger partial charge in [0.15, 0.2) is 4.80 Å². The molecule has 4 aromatic rings. The number of nitriles is 1. The van der Waals surface area contributed by atoms with E-state index in [9.17, 15) is 9.59 Å². The van der Waals surface area contributed by atoms with Gasteiger partial charge in [-0.25, -0.2) is 4.99 Å². The lowest BCUT2D eigenvalue weighted by atomic mass is 9.93. The van der Waals surface area contributed by atoms with Crippen LogP contribution in [0.2, 0.25) is 0 Å². The number of aromatic nitrogens is 1. The molecule has 0 unspecified atom stereocenters. The lowest BCUT2D eigenvalue weighted by molar-refractivity contribution is -0.127. The van der Waals surface area contributed by atoms with E-state index in [1.807, 2.05) is 56.3 Å². The van der Waals surface area contributed by atoms with E-state index in [4.69, 9.17) is 24.5 Å². The zero-order valence-electron chi connectivity index (χ0n) is 26.2. The SMILES string of the molecule is CCN(CC)C(=O)C1=C(C)N=c2s/c(=C/c3ccc(OCc4ccc(C#N)cc4)c(Br)c3)c(=O)n2[C@@H]1c1cc(OC)ccc1OC. The summed E-state index contributed by atoms with van der Waals surface area (Å²) < 4.78 is 20.0. The minimum atomic E-state index is -0.777. The molecule has 0 aliphatic carbocycles. The third-order valence-corrected chi connectivity index (χ3v) is 9.37. The standard InChI is InChI=1S/C35H33BrN4O5S/c1-6-39(7-2)34(42)31-21(3)38-35-40(32(31)26-18-25(43-4)13-15-28(26)44-5)33(41)30(46-35)17-24-12-14-29(27(36)16-24)45-20-23-10-8-22(19-37)9-11-23/h8-18,32H,6-7,20H2,1-5H3/b30-17+/t32-/m1/s1. The predicted octanol–water partition coefficient (Wildman–Crippen LogP) is 5.33. The summed E-state index contributed by atoms with van der Waals surface area (Å²) in [5.41, 5.74) is 3.64. The van der Waals surface area contributed by atoms with Crippen molar-refractivity contribution >= 4 is 39.2 Å². The predicted molar refractivity (Wildman–Crippen MR) is 181 cm³/mol. The van der Waals surface area contributed by atoms with Gasteiger partial charge in [-0.05, 0) is 96.4 Å². The number of hydrogen-bond acceptors (Lipinski definition) is 8. The lowest BCUT2D eigenvalue weighted by Gasteiger charge is -2.30. The summed E-state index contributed by atoms with van der Waals surface area (Å²) >= 11 is 4.86. The second-order valence-corrected chi connectivity index (χ2v) is 12.3. The van der Waals surface area contributed by atoms with Crippen LogP contribution < -0.4 is 29.1 Å². The van der Waals surface area contributed by atoms with Gasteiger partial charge in [0.05, 0.1) is 46.1 Å². The molecule has 46 heavy (non-hydrogen) atoms. The number of nitrogens with zero attached hydrogens (tertiary/aromatic N) is 4. The normalized spacial score (nSPS) is 14.3. The number of halogens is 1. The molecule has 1 atom stereocenters. The first-order valence-corrected chi connectivity index (χ1v) is 16.3. The van der Waals surface area contributed by atoms with Gasteiger partial charge in [-0.3, -0.25) is 14.2 Å². The van der Waals surface area contributed by atoms with Crippen LogP contribution in [0.15, 0.2) is 86.2 Å². The molecule has 1 aliphatic heterocycles. The fourth-order valence-corrected chi connectivity index (χ4v) is 6.89. The molecule has 0 radical (unpaired) electrons. The maximum absolute atomic E-state index is 14.2. The number of amides is 1.